The Morgan fingerprint density at radius 2 is 2.17 bits per heavy atom. The maximum atomic E-state index is 12.4. The van der Waals surface area contributed by atoms with Gasteiger partial charge in [0.15, 0.2) is 0 Å². The van der Waals surface area contributed by atoms with Gasteiger partial charge in [-0.2, -0.15) is 0 Å². The fourth-order valence-corrected chi connectivity index (χ4v) is 2.57. The first kappa shape index (κ1) is 15.3. The first-order valence-corrected chi connectivity index (χ1v) is 6.46. The Morgan fingerprint density at radius 1 is 1.44 bits per heavy atom. The monoisotopic (exact) mass is 264 g/mol. The van der Waals surface area contributed by atoms with E-state index in [2.05, 4.69) is 0 Å². The Labute approximate surface area is 106 Å². The molecule has 0 aromatic carbocycles. The number of aliphatic hydroxyl groups is 1. The van der Waals surface area contributed by atoms with Crippen LogP contribution in [-0.4, -0.2) is 48.6 Å². The topological polar surface area (TPSA) is 66.6 Å². The zero-order valence-electron chi connectivity index (χ0n) is 10.5. The molecule has 2 atom stereocenters. The number of halogens is 2. The Morgan fingerprint density at radius 3 is 2.72 bits per heavy atom. The standard InChI is InChI=1S/C12H22F2N2O2/c13-11(14)8-16(4-5-17)12(18)10-3-1-2-9(6-10)7-15/h9-11,17H,1-8,15H2. The van der Waals surface area contributed by atoms with Crippen molar-refractivity contribution < 1.29 is 18.7 Å². The lowest BCUT2D eigenvalue weighted by molar-refractivity contribution is -0.139. The van der Waals surface area contributed by atoms with Crippen molar-refractivity contribution in [3.63, 3.8) is 0 Å². The molecule has 0 saturated heterocycles. The number of hydrogen-bond acceptors (Lipinski definition) is 3. The second kappa shape index (κ2) is 7.63. The summed E-state index contributed by atoms with van der Waals surface area (Å²) in [5, 5.41) is 8.84. The average molecular weight is 264 g/mol. The van der Waals surface area contributed by atoms with Crippen LogP contribution in [0.4, 0.5) is 8.78 Å². The zero-order chi connectivity index (χ0) is 13.5. The molecule has 6 heteroatoms. The SMILES string of the molecule is NCC1CCCC(C(=O)N(CCO)CC(F)F)C1. The summed E-state index contributed by atoms with van der Waals surface area (Å²) in [5.74, 6) is -0.157. The van der Waals surface area contributed by atoms with Crippen molar-refractivity contribution in [1.29, 1.82) is 0 Å². The molecular formula is C12H22F2N2O2. The van der Waals surface area contributed by atoms with Crippen LogP contribution in [0.25, 0.3) is 0 Å². The van der Waals surface area contributed by atoms with Gasteiger partial charge in [0.1, 0.15) is 0 Å². The highest BCUT2D eigenvalue weighted by Gasteiger charge is 2.30. The number of carbonyl (C=O) groups is 1. The maximum Gasteiger partial charge on any atom is 0.255 e. The largest absolute Gasteiger partial charge is 0.395 e. The number of hydrogen-bond donors (Lipinski definition) is 2. The molecule has 2 unspecified atom stereocenters. The molecule has 3 N–H and O–H groups in total. The van der Waals surface area contributed by atoms with Crippen molar-refractivity contribution in [3.8, 4) is 0 Å². The molecule has 1 rings (SSSR count). The van der Waals surface area contributed by atoms with Gasteiger partial charge in [0.05, 0.1) is 13.2 Å². The molecule has 0 spiro atoms. The Hall–Kier alpha value is -0.750. The van der Waals surface area contributed by atoms with Crippen LogP contribution < -0.4 is 5.73 Å². The van der Waals surface area contributed by atoms with Crippen LogP contribution in [0.2, 0.25) is 0 Å². The quantitative estimate of drug-likeness (QED) is 0.747. The summed E-state index contributed by atoms with van der Waals surface area (Å²) in [5.41, 5.74) is 5.60. The van der Waals surface area contributed by atoms with Gasteiger partial charge >= 0.3 is 0 Å². The number of alkyl halides is 2. The van der Waals surface area contributed by atoms with E-state index in [1.807, 2.05) is 0 Å². The van der Waals surface area contributed by atoms with Crippen molar-refractivity contribution in [2.75, 3.05) is 26.2 Å². The van der Waals surface area contributed by atoms with Crippen LogP contribution >= 0.6 is 0 Å². The van der Waals surface area contributed by atoms with Gasteiger partial charge in [-0.3, -0.25) is 4.79 Å². The number of aliphatic hydroxyl groups excluding tert-OH is 1. The fourth-order valence-electron chi connectivity index (χ4n) is 2.57. The van der Waals surface area contributed by atoms with Gasteiger partial charge < -0.3 is 15.7 Å². The van der Waals surface area contributed by atoms with Crippen LogP contribution in [0.1, 0.15) is 25.7 Å². The van der Waals surface area contributed by atoms with Crippen molar-refractivity contribution >= 4 is 5.91 Å². The minimum Gasteiger partial charge on any atom is -0.395 e. The van der Waals surface area contributed by atoms with Gasteiger partial charge in [-0.05, 0) is 31.7 Å². The Kier molecular flexibility index (Phi) is 6.49. The van der Waals surface area contributed by atoms with E-state index in [4.69, 9.17) is 10.8 Å². The van der Waals surface area contributed by atoms with E-state index in [-0.39, 0.29) is 25.0 Å². The zero-order valence-corrected chi connectivity index (χ0v) is 10.5. The van der Waals surface area contributed by atoms with E-state index in [1.165, 1.54) is 0 Å². The molecule has 0 radical (unpaired) electrons. The molecule has 1 fully saturated rings. The molecular weight excluding hydrogens is 242 g/mol. The van der Waals surface area contributed by atoms with E-state index in [9.17, 15) is 13.6 Å². The molecule has 0 aromatic heterocycles. The average Bonchev–Trinajstić information content (AvgIpc) is 2.37. The summed E-state index contributed by atoms with van der Waals surface area (Å²) >= 11 is 0. The molecule has 1 aliphatic rings. The van der Waals surface area contributed by atoms with Gasteiger partial charge in [0.2, 0.25) is 5.91 Å². The highest BCUT2D eigenvalue weighted by atomic mass is 19.3. The Bertz CT molecular complexity index is 264. The molecule has 1 aliphatic carbocycles. The van der Waals surface area contributed by atoms with Gasteiger partial charge in [0.25, 0.3) is 6.43 Å². The first-order valence-electron chi connectivity index (χ1n) is 6.46. The molecule has 1 amide bonds. The lowest BCUT2D eigenvalue weighted by Gasteiger charge is -2.32. The summed E-state index contributed by atoms with van der Waals surface area (Å²) in [6, 6.07) is 0. The van der Waals surface area contributed by atoms with Gasteiger partial charge in [-0.15, -0.1) is 0 Å². The van der Waals surface area contributed by atoms with Crippen LogP contribution in [-0.2, 0) is 4.79 Å². The van der Waals surface area contributed by atoms with E-state index in [1.54, 1.807) is 0 Å². The number of rotatable bonds is 6. The summed E-state index contributed by atoms with van der Waals surface area (Å²) in [4.78, 5) is 13.2. The summed E-state index contributed by atoms with van der Waals surface area (Å²) < 4.78 is 24.8. The fraction of sp³-hybridized carbons (Fsp3) is 0.917. The van der Waals surface area contributed by atoms with Crippen LogP contribution in [0.3, 0.4) is 0 Å². The van der Waals surface area contributed by atoms with E-state index < -0.39 is 13.0 Å². The van der Waals surface area contributed by atoms with Gasteiger partial charge in [-0.25, -0.2) is 8.78 Å². The number of nitrogens with two attached hydrogens (primary N) is 1. The van der Waals surface area contributed by atoms with E-state index >= 15 is 0 Å². The molecule has 4 nitrogen and oxygen atoms in total. The second-order valence-corrected chi connectivity index (χ2v) is 4.86. The first-order chi connectivity index (χ1) is 8.58. The number of nitrogens with zero attached hydrogens (tertiary/aromatic N) is 1. The highest BCUT2D eigenvalue weighted by molar-refractivity contribution is 5.79. The van der Waals surface area contributed by atoms with Crippen molar-refractivity contribution in [3.05, 3.63) is 0 Å². The highest BCUT2D eigenvalue weighted by Crippen LogP contribution is 2.29. The van der Waals surface area contributed by atoms with E-state index in [0.29, 0.717) is 18.9 Å². The van der Waals surface area contributed by atoms with Crippen molar-refractivity contribution in [1.82, 2.24) is 4.90 Å². The molecule has 1 saturated carbocycles. The predicted octanol–water partition coefficient (Wildman–Crippen LogP) is 0.837. The van der Waals surface area contributed by atoms with Crippen molar-refractivity contribution in [2.45, 2.75) is 32.1 Å². The summed E-state index contributed by atoms with van der Waals surface area (Å²) in [6.45, 7) is -0.361. The minimum absolute atomic E-state index is 0.0209. The maximum absolute atomic E-state index is 12.4. The third kappa shape index (κ3) is 4.49. The minimum atomic E-state index is -2.56. The predicted molar refractivity (Wildman–Crippen MR) is 64.2 cm³/mol. The molecule has 0 bridgehead atoms. The smallest absolute Gasteiger partial charge is 0.255 e. The molecule has 18 heavy (non-hydrogen) atoms. The molecule has 0 heterocycles. The number of carbonyl (C=O) groups excluding carboxylic acids is 1. The van der Waals surface area contributed by atoms with Crippen LogP contribution in [0.15, 0.2) is 0 Å². The molecule has 0 aliphatic heterocycles. The van der Waals surface area contributed by atoms with E-state index in [0.717, 1.165) is 24.2 Å². The van der Waals surface area contributed by atoms with Gasteiger partial charge in [0, 0.05) is 12.5 Å². The van der Waals surface area contributed by atoms with Crippen LogP contribution in [0.5, 0.6) is 0 Å². The third-order valence-electron chi connectivity index (χ3n) is 3.51. The van der Waals surface area contributed by atoms with Crippen LogP contribution in [0, 0.1) is 11.8 Å². The molecule has 0 aromatic rings. The summed E-state index contributed by atoms with van der Waals surface area (Å²) in [6.07, 6.45) is 0.783. The molecule has 106 valence electrons. The van der Waals surface area contributed by atoms with Gasteiger partial charge in [-0.1, -0.05) is 6.42 Å². The van der Waals surface area contributed by atoms with Crippen molar-refractivity contribution in [2.24, 2.45) is 17.6 Å². The lowest BCUT2D eigenvalue weighted by Crippen LogP contribution is -2.42. The number of amides is 1. The normalized spacial score (nSPS) is 24.3. The second-order valence-electron chi connectivity index (χ2n) is 4.86. The lowest BCUT2D eigenvalue weighted by atomic mass is 9.81. The Balaban J connectivity index is 2.57. The summed E-state index contributed by atoms with van der Waals surface area (Å²) in [7, 11) is 0. The third-order valence-corrected chi connectivity index (χ3v) is 3.51.